The molecule has 7 heteroatoms. The summed E-state index contributed by atoms with van der Waals surface area (Å²) in [6, 6.07) is 3.73. The molecule has 2 amide bonds. The molecule has 0 atom stereocenters. The zero-order valence-electron chi connectivity index (χ0n) is 14.8. The summed E-state index contributed by atoms with van der Waals surface area (Å²) in [6.45, 7) is 6.01. The highest BCUT2D eigenvalue weighted by Gasteiger charge is 2.19. The van der Waals surface area contributed by atoms with Crippen molar-refractivity contribution >= 4 is 34.5 Å². The summed E-state index contributed by atoms with van der Waals surface area (Å²) in [5.74, 6) is -0.103. The first-order chi connectivity index (χ1) is 12.2. The lowest BCUT2D eigenvalue weighted by Crippen LogP contribution is -2.31. The van der Waals surface area contributed by atoms with Gasteiger partial charge in [0.15, 0.2) is 0 Å². The van der Waals surface area contributed by atoms with Crippen LogP contribution in [0.5, 0.6) is 0 Å². The van der Waals surface area contributed by atoms with Crippen molar-refractivity contribution in [2.45, 2.75) is 46.1 Å². The number of amides is 2. The second-order valence-electron chi connectivity index (χ2n) is 5.79. The number of carbonyl (C=O) groups excluding carboxylic acids is 2. The molecule has 0 fully saturated rings. The van der Waals surface area contributed by atoms with Gasteiger partial charge in [0.25, 0.3) is 11.8 Å². The molecule has 136 valence electrons. The maximum atomic E-state index is 12.7. The Morgan fingerprint density at radius 3 is 2.68 bits per heavy atom. The van der Waals surface area contributed by atoms with Crippen LogP contribution in [0.25, 0.3) is 0 Å². The van der Waals surface area contributed by atoms with Crippen LogP contribution in [0.4, 0.5) is 0 Å². The molecule has 2 aromatic heterocycles. The number of aromatic nitrogens is 1. The number of carbonyl (C=O) groups is 2. The van der Waals surface area contributed by atoms with Crippen molar-refractivity contribution in [1.29, 1.82) is 0 Å². The van der Waals surface area contributed by atoms with Gasteiger partial charge in [-0.25, -0.2) is 4.98 Å². The van der Waals surface area contributed by atoms with Crippen molar-refractivity contribution in [2.75, 3.05) is 13.1 Å². The molecule has 1 N–H and O–H groups in total. The number of thiazole rings is 1. The van der Waals surface area contributed by atoms with Gasteiger partial charge in [-0.1, -0.05) is 32.8 Å². The molecule has 0 saturated carbocycles. The van der Waals surface area contributed by atoms with E-state index in [9.17, 15) is 9.59 Å². The van der Waals surface area contributed by atoms with Crippen LogP contribution in [-0.4, -0.2) is 34.8 Å². The van der Waals surface area contributed by atoms with Gasteiger partial charge < -0.3 is 10.2 Å². The Kier molecular flexibility index (Phi) is 8.08. The predicted molar refractivity (Wildman–Crippen MR) is 103 cm³/mol. The predicted octanol–water partition coefficient (Wildman–Crippen LogP) is 4.18. The van der Waals surface area contributed by atoms with E-state index in [-0.39, 0.29) is 11.8 Å². The Balaban J connectivity index is 2.01. The lowest BCUT2D eigenvalue weighted by Gasteiger charge is -2.20. The summed E-state index contributed by atoms with van der Waals surface area (Å²) in [6.07, 6.45) is 3.98. The van der Waals surface area contributed by atoms with Crippen LogP contribution in [0.3, 0.4) is 0 Å². The number of nitrogens with one attached hydrogen (secondary N) is 1. The number of thiophene rings is 1. The largest absolute Gasteiger partial charge is 0.351 e. The van der Waals surface area contributed by atoms with Crippen LogP contribution in [-0.2, 0) is 6.54 Å². The third-order valence-electron chi connectivity index (χ3n) is 3.73. The highest BCUT2D eigenvalue weighted by Crippen LogP contribution is 2.18. The monoisotopic (exact) mass is 379 g/mol. The minimum Gasteiger partial charge on any atom is -0.351 e. The molecule has 2 heterocycles. The summed E-state index contributed by atoms with van der Waals surface area (Å²) >= 11 is 2.88. The zero-order valence-corrected chi connectivity index (χ0v) is 16.4. The van der Waals surface area contributed by atoms with Gasteiger partial charge in [0, 0.05) is 18.5 Å². The van der Waals surface area contributed by atoms with E-state index in [1.807, 2.05) is 22.4 Å². The maximum Gasteiger partial charge on any atom is 0.270 e. The average molecular weight is 380 g/mol. The number of unbranched alkanes of at least 4 members (excludes halogenated alkanes) is 2. The molecule has 0 aliphatic heterocycles. The zero-order chi connectivity index (χ0) is 18.1. The van der Waals surface area contributed by atoms with Crippen molar-refractivity contribution in [3.05, 3.63) is 38.5 Å². The van der Waals surface area contributed by atoms with E-state index in [2.05, 4.69) is 24.1 Å². The van der Waals surface area contributed by atoms with Crippen LogP contribution in [0.1, 0.15) is 64.7 Å². The van der Waals surface area contributed by atoms with E-state index >= 15 is 0 Å². The lowest BCUT2D eigenvalue weighted by atomic mass is 10.3. The van der Waals surface area contributed by atoms with E-state index in [0.29, 0.717) is 25.3 Å². The van der Waals surface area contributed by atoms with Crippen LogP contribution < -0.4 is 5.32 Å². The molecular formula is C18H25N3O2S2. The van der Waals surface area contributed by atoms with Crippen molar-refractivity contribution in [1.82, 2.24) is 15.2 Å². The van der Waals surface area contributed by atoms with E-state index in [0.717, 1.165) is 35.6 Å². The topological polar surface area (TPSA) is 62.3 Å². The van der Waals surface area contributed by atoms with Crippen LogP contribution >= 0.6 is 22.7 Å². The number of nitrogens with zero attached hydrogens (tertiary/aromatic N) is 2. The fraction of sp³-hybridized carbons (Fsp3) is 0.500. The molecule has 0 aromatic carbocycles. The Morgan fingerprint density at radius 1 is 1.20 bits per heavy atom. The molecule has 0 bridgehead atoms. The standard InChI is InChI=1S/C18H25N3O2S2/c1-3-5-9-19-17(22)14-13-25-16(20-14)12-21(10-6-4-2)18(23)15-8-7-11-24-15/h7-8,11,13H,3-6,9-10,12H2,1-2H3,(H,19,22). The molecule has 25 heavy (non-hydrogen) atoms. The molecule has 0 spiro atoms. The minimum absolute atomic E-state index is 0.0348. The maximum absolute atomic E-state index is 12.7. The lowest BCUT2D eigenvalue weighted by molar-refractivity contribution is 0.0745. The fourth-order valence-corrected chi connectivity index (χ4v) is 3.76. The SMILES string of the molecule is CCCCNC(=O)c1csc(CN(CCCC)C(=O)c2cccs2)n1. The number of hydrogen-bond acceptors (Lipinski definition) is 5. The van der Waals surface area contributed by atoms with Gasteiger partial charge in [0.05, 0.1) is 11.4 Å². The first-order valence-electron chi connectivity index (χ1n) is 8.71. The van der Waals surface area contributed by atoms with Gasteiger partial charge in [-0.05, 0) is 24.3 Å². The summed E-state index contributed by atoms with van der Waals surface area (Å²) in [5, 5.41) is 7.34. The molecule has 0 aliphatic rings. The third-order valence-corrected chi connectivity index (χ3v) is 5.42. The normalized spacial score (nSPS) is 10.6. The quantitative estimate of drug-likeness (QED) is 0.630. The highest BCUT2D eigenvalue weighted by atomic mass is 32.1. The number of hydrogen-bond donors (Lipinski definition) is 1. The first kappa shape index (κ1) is 19.6. The molecule has 2 rings (SSSR count). The average Bonchev–Trinajstić information content (AvgIpc) is 3.30. The molecule has 0 aliphatic carbocycles. The smallest absolute Gasteiger partial charge is 0.270 e. The van der Waals surface area contributed by atoms with Gasteiger partial charge in [-0.15, -0.1) is 22.7 Å². The van der Waals surface area contributed by atoms with Crippen LogP contribution in [0.2, 0.25) is 0 Å². The summed E-state index contributed by atoms with van der Waals surface area (Å²) in [7, 11) is 0. The Bertz CT molecular complexity index is 668. The fourth-order valence-electron chi connectivity index (χ4n) is 2.28. The van der Waals surface area contributed by atoms with E-state index < -0.39 is 0 Å². The van der Waals surface area contributed by atoms with Crippen LogP contribution in [0.15, 0.2) is 22.9 Å². The summed E-state index contributed by atoms with van der Waals surface area (Å²) < 4.78 is 0. The van der Waals surface area contributed by atoms with Gasteiger partial charge >= 0.3 is 0 Å². The van der Waals surface area contributed by atoms with Gasteiger partial charge in [0.1, 0.15) is 10.7 Å². The van der Waals surface area contributed by atoms with E-state index in [4.69, 9.17) is 0 Å². The molecule has 5 nitrogen and oxygen atoms in total. The Morgan fingerprint density at radius 2 is 2.00 bits per heavy atom. The molecule has 0 unspecified atom stereocenters. The Labute approximate surface area is 157 Å². The molecule has 0 saturated heterocycles. The van der Waals surface area contributed by atoms with Crippen molar-refractivity contribution < 1.29 is 9.59 Å². The van der Waals surface area contributed by atoms with Crippen molar-refractivity contribution in [3.63, 3.8) is 0 Å². The van der Waals surface area contributed by atoms with Gasteiger partial charge in [-0.2, -0.15) is 0 Å². The number of rotatable bonds is 10. The van der Waals surface area contributed by atoms with Gasteiger partial charge in [0.2, 0.25) is 0 Å². The van der Waals surface area contributed by atoms with Crippen molar-refractivity contribution in [2.24, 2.45) is 0 Å². The summed E-state index contributed by atoms with van der Waals surface area (Å²) in [4.78, 5) is 31.7. The van der Waals surface area contributed by atoms with Crippen LogP contribution in [0, 0.1) is 0 Å². The van der Waals surface area contributed by atoms with Crippen molar-refractivity contribution in [3.8, 4) is 0 Å². The van der Waals surface area contributed by atoms with E-state index in [1.165, 1.54) is 22.7 Å². The molecule has 0 radical (unpaired) electrons. The first-order valence-corrected chi connectivity index (χ1v) is 10.5. The highest BCUT2D eigenvalue weighted by molar-refractivity contribution is 7.12. The minimum atomic E-state index is -0.138. The second kappa shape index (κ2) is 10.3. The second-order valence-corrected chi connectivity index (χ2v) is 7.68. The molecular weight excluding hydrogens is 354 g/mol. The van der Waals surface area contributed by atoms with E-state index in [1.54, 1.807) is 5.38 Å². The Hall–Kier alpha value is -1.73. The van der Waals surface area contributed by atoms with Gasteiger partial charge in [-0.3, -0.25) is 9.59 Å². The summed E-state index contributed by atoms with van der Waals surface area (Å²) in [5.41, 5.74) is 0.440. The molecule has 2 aromatic rings. The third kappa shape index (κ3) is 5.93.